The number of nitrogens with one attached hydrogen (secondary N) is 2. The molecule has 0 bridgehead atoms. The molecule has 0 unspecified atom stereocenters. The minimum absolute atomic E-state index is 0.188. The van der Waals surface area contributed by atoms with Crippen LogP contribution in [0.1, 0.15) is 12.8 Å². The molecule has 2 N–H and O–H groups in total. The monoisotopic (exact) mass is 478 g/mol. The highest BCUT2D eigenvalue weighted by Gasteiger charge is 2.32. The molecule has 1 aliphatic heterocycles. The molecule has 1 fully saturated rings. The Kier molecular flexibility index (Phi) is 5.72. The largest absolute Gasteiger partial charge is 0.324 e. The number of benzene rings is 2. The van der Waals surface area contributed by atoms with E-state index in [0.717, 1.165) is 0 Å². The zero-order chi connectivity index (χ0) is 23.7. The van der Waals surface area contributed by atoms with Crippen molar-refractivity contribution in [3.63, 3.8) is 0 Å². The van der Waals surface area contributed by atoms with Crippen molar-refractivity contribution >= 4 is 32.7 Å². The number of aromatic amines is 1. The Balaban J connectivity index is 1.32. The van der Waals surface area contributed by atoms with Crippen LogP contribution in [0.15, 0.2) is 76.8 Å². The van der Waals surface area contributed by atoms with Crippen LogP contribution < -0.4 is 10.9 Å². The van der Waals surface area contributed by atoms with Gasteiger partial charge in [-0.25, -0.2) is 18.1 Å². The highest BCUT2D eigenvalue weighted by Crippen LogP contribution is 2.27. The summed E-state index contributed by atoms with van der Waals surface area (Å²) in [6.45, 7) is 0.543. The lowest BCUT2D eigenvalue weighted by Gasteiger charge is -2.30. The summed E-state index contributed by atoms with van der Waals surface area (Å²) >= 11 is 0. The molecule has 5 rings (SSSR count). The number of hydrogen-bond donors (Lipinski definition) is 2. The molecule has 1 saturated heterocycles. The molecule has 174 valence electrons. The molecule has 0 radical (unpaired) electrons. The zero-order valence-corrected chi connectivity index (χ0v) is 18.9. The van der Waals surface area contributed by atoms with E-state index in [1.807, 2.05) is 0 Å². The van der Waals surface area contributed by atoms with Gasteiger partial charge < -0.3 is 10.3 Å². The van der Waals surface area contributed by atoms with E-state index in [2.05, 4.69) is 20.4 Å². The average molecular weight is 479 g/mol. The molecular formula is C23H22N6O4S. The summed E-state index contributed by atoms with van der Waals surface area (Å²) in [5.74, 6) is -0.517. The van der Waals surface area contributed by atoms with Gasteiger partial charge in [0.25, 0.3) is 5.56 Å². The van der Waals surface area contributed by atoms with Crippen LogP contribution in [-0.4, -0.2) is 51.5 Å². The summed E-state index contributed by atoms with van der Waals surface area (Å²) in [5.41, 5.74) is 1.19. The van der Waals surface area contributed by atoms with Crippen LogP contribution in [0.25, 0.3) is 16.7 Å². The number of amides is 1. The van der Waals surface area contributed by atoms with Crippen molar-refractivity contribution < 1.29 is 13.2 Å². The van der Waals surface area contributed by atoms with E-state index < -0.39 is 10.0 Å². The second-order valence-corrected chi connectivity index (χ2v) is 9.96. The number of fused-ring (bicyclic) bond motifs is 1. The van der Waals surface area contributed by atoms with Crippen LogP contribution in [0.2, 0.25) is 0 Å². The van der Waals surface area contributed by atoms with Crippen LogP contribution >= 0.6 is 0 Å². The van der Waals surface area contributed by atoms with Crippen molar-refractivity contribution in [3.8, 4) is 5.69 Å². The predicted octanol–water partition coefficient (Wildman–Crippen LogP) is 2.15. The van der Waals surface area contributed by atoms with Crippen molar-refractivity contribution in [1.29, 1.82) is 0 Å². The topological polar surface area (TPSA) is 130 Å². The van der Waals surface area contributed by atoms with E-state index in [4.69, 9.17) is 0 Å². The van der Waals surface area contributed by atoms with E-state index in [1.165, 1.54) is 21.5 Å². The normalized spacial score (nSPS) is 15.4. The minimum Gasteiger partial charge on any atom is -0.324 e. The van der Waals surface area contributed by atoms with Crippen molar-refractivity contribution in [2.45, 2.75) is 17.7 Å². The summed E-state index contributed by atoms with van der Waals surface area (Å²) < 4.78 is 28.6. The fraction of sp³-hybridized carbons (Fsp3) is 0.217. The molecule has 2 aromatic heterocycles. The average Bonchev–Trinajstić information content (AvgIpc) is 3.30. The van der Waals surface area contributed by atoms with Gasteiger partial charge in [-0.3, -0.25) is 9.59 Å². The van der Waals surface area contributed by atoms with Crippen LogP contribution in [0.3, 0.4) is 0 Å². The highest BCUT2D eigenvalue weighted by molar-refractivity contribution is 7.89. The molecule has 0 aliphatic carbocycles. The maximum Gasteiger partial charge on any atom is 0.261 e. The summed E-state index contributed by atoms with van der Waals surface area (Å²) in [6, 6.07) is 15.4. The molecule has 0 saturated carbocycles. The van der Waals surface area contributed by atoms with E-state index in [0.29, 0.717) is 35.2 Å². The Labute approximate surface area is 195 Å². The molecule has 10 nitrogen and oxygen atoms in total. The number of H-pyrrole nitrogens is 1. The number of nitrogens with zero attached hydrogens (tertiary/aromatic N) is 4. The SMILES string of the molecule is O=C(Nc1ccccc1-n1ncc2c(=O)[nH]cnc21)C1CCN(S(=O)(=O)c2ccccc2)CC1. The minimum atomic E-state index is -3.58. The smallest absolute Gasteiger partial charge is 0.261 e. The fourth-order valence-electron chi connectivity index (χ4n) is 4.13. The van der Waals surface area contributed by atoms with Gasteiger partial charge in [0.05, 0.1) is 28.8 Å². The van der Waals surface area contributed by atoms with Crippen LogP contribution in [0.4, 0.5) is 5.69 Å². The fourth-order valence-corrected chi connectivity index (χ4v) is 5.62. The van der Waals surface area contributed by atoms with Crippen LogP contribution in [0, 0.1) is 5.92 Å². The third-order valence-electron chi connectivity index (χ3n) is 5.97. The Morgan fingerprint density at radius 2 is 1.74 bits per heavy atom. The van der Waals surface area contributed by atoms with Gasteiger partial charge >= 0.3 is 0 Å². The van der Waals surface area contributed by atoms with E-state index in [9.17, 15) is 18.0 Å². The molecule has 1 amide bonds. The first-order valence-corrected chi connectivity index (χ1v) is 12.3. The van der Waals surface area contributed by atoms with E-state index in [1.54, 1.807) is 54.6 Å². The number of rotatable bonds is 5. The number of carbonyl (C=O) groups is 1. The maximum absolute atomic E-state index is 13.1. The summed E-state index contributed by atoms with van der Waals surface area (Å²) in [7, 11) is -3.58. The van der Waals surface area contributed by atoms with Gasteiger partial charge in [-0.15, -0.1) is 0 Å². The number of piperidine rings is 1. The third kappa shape index (κ3) is 3.99. The third-order valence-corrected chi connectivity index (χ3v) is 7.88. The van der Waals surface area contributed by atoms with Gasteiger partial charge in [0.2, 0.25) is 15.9 Å². The Morgan fingerprint density at radius 1 is 1.03 bits per heavy atom. The van der Waals surface area contributed by atoms with Gasteiger partial charge in [0.1, 0.15) is 5.39 Å². The quantitative estimate of drug-likeness (QED) is 0.452. The first-order chi connectivity index (χ1) is 16.4. The lowest BCUT2D eigenvalue weighted by atomic mass is 9.97. The Bertz CT molecular complexity index is 1510. The van der Waals surface area contributed by atoms with Gasteiger partial charge in [-0.1, -0.05) is 30.3 Å². The summed E-state index contributed by atoms with van der Waals surface area (Å²) in [4.78, 5) is 32.1. The molecule has 11 heteroatoms. The van der Waals surface area contributed by atoms with Gasteiger partial charge in [-0.05, 0) is 37.1 Å². The Hall–Kier alpha value is -3.83. The number of sulfonamides is 1. The first-order valence-electron chi connectivity index (χ1n) is 10.8. The molecule has 34 heavy (non-hydrogen) atoms. The lowest BCUT2D eigenvalue weighted by molar-refractivity contribution is -0.120. The Morgan fingerprint density at radius 3 is 2.50 bits per heavy atom. The molecule has 2 aromatic carbocycles. The zero-order valence-electron chi connectivity index (χ0n) is 18.1. The van der Waals surface area contributed by atoms with Gasteiger partial charge in [-0.2, -0.15) is 9.40 Å². The summed E-state index contributed by atoms with van der Waals surface area (Å²) in [6.07, 6.45) is 3.58. The molecule has 4 aromatic rings. The van der Waals surface area contributed by atoms with Crippen molar-refractivity contribution in [1.82, 2.24) is 24.1 Å². The predicted molar refractivity (Wildman–Crippen MR) is 126 cm³/mol. The molecular weight excluding hydrogens is 456 g/mol. The standard InChI is InChI=1S/C23H22N6O4S/c30-22(16-10-12-28(13-11-16)34(32,33)17-6-2-1-3-7-17)27-19-8-4-5-9-20(19)29-21-18(14-26-29)23(31)25-15-24-21/h1-9,14-16H,10-13H2,(H,27,30)(H,24,25,31). The molecule has 3 heterocycles. The van der Waals surface area contributed by atoms with Gasteiger partial charge in [0, 0.05) is 19.0 Å². The number of anilines is 1. The number of carbonyl (C=O) groups excluding carboxylic acids is 1. The van der Waals surface area contributed by atoms with E-state index in [-0.39, 0.29) is 35.4 Å². The second-order valence-electron chi connectivity index (χ2n) is 8.02. The number of para-hydroxylation sites is 2. The van der Waals surface area contributed by atoms with Crippen molar-refractivity contribution in [3.05, 3.63) is 77.5 Å². The highest BCUT2D eigenvalue weighted by atomic mass is 32.2. The van der Waals surface area contributed by atoms with Crippen molar-refractivity contribution in [2.24, 2.45) is 5.92 Å². The number of aromatic nitrogens is 4. The summed E-state index contributed by atoms with van der Waals surface area (Å²) in [5, 5.41) is 7.58. The van der Waals surface area contributed by atoms with Gasteiger partial charge in [0.15, 0.2) is 5.65 Å². The van der Waals surface area contributed by atoms with Crippen LogP contribution in [0.5, 0.6) is 0 Å². The van der Waals surface area contributed by atoms with Crippen LogP contribution in [-0.2, 0) is 14.8 Å². The molecule has 1 aliphatic rings. The second kappa shape index (κ2) is 8.84. The molecule has 0 spiro atoms. The number of hydrogen-bond acceptors (Lipinski definition) is 6. The maximum atomic E-state index is 13.1. The molecule has 0 atom stereocenters. The van der Waals surface area contributed by atoms with Crippen molar-refractivity contribution in [2.75, 3.05) is 18.4 Å². The lowest BCUT2D eigenvalue weighted by Crippen LogP contribution is -2.41. The van der Waals surface area contributed by atoms with E-state index >= 15 is 0 Å². The first kappa shape index (κ1) is 22.0.